The van der Waals surface area contributed by atoms with Crippen molar-refractivity contribution in [1.29, 1.82) is 0 Å². The molecule has 2 aliphatic rings. The number of nitrogens with one attached hydrogen (secondary N) is 1. The molecule has 220 valence electrons. The van der Waals surface area contributed by atoms with Gasteiger partial charge in [-0.2, -0.15) is 9.78 Å². The van der Waals surface area contributed by atoms with Gasteiger partial charge in [0.2, 0.25) is 0 Å². The summed E-state index contributed by atoms with van der Waals surface area (Å²) in [5.41, 5.74) is 5.59. The fourth-order valence-corrected chi connectivity index (χ4v) is 6.12. The van der Waals surface area contributed by atoms with Gasteiger partial charge in [-0.15, -0.1) is 0 Å². The molecule has 2 aromatic carbocycles. The number of pyridine rings is 1. The second-order valence-corrected chi connectivity index (χ2v) is 11.6. The lowest BCUT2D eigenvalue weighted by Gasteiger charge is -2.38. The predicted octanol–water partition coefficient (Wildman–Crippen LogP) is 4.84. The van der Waals surface area contributed by atoms with Crippen LogP contribution in [-0.4, -0.2) is 65.5 Å². The zero-order valence-electron chi connectivity index (χ0n) is 24.3. The molecule has 1 aliphatic heterocycles. The summed E-state index contributed by atoms with van der Waals surface area (Å²) < 4.78 is 7.41. The highest BCUT2D eigenvalue weighted by atomic mass is 16.5. The second kappa shape index (κ2) is 10.7. The van der Waals surface area contributed by atoms with Crippen LogP contribution < -0.4 is 10.3 Å². The molecule has 2 fully saturated rings. The number of likely N-dealkylation sites (tertiary alicyclic amines) is 1. The van der Waals surface area contributed by atoms with Gasteiger partial charge in [-0.05, 0) is 67.3 Å². The number of likely N-dealkylation sites (N-methyl/N-ethyl adjacent to an activating group) is 1. The van der Waals surface area contributed by atoms with Crippen LogP contribution in [0.2, 0.25) is 0 Å². The van der Waals surface area contributed by atoms with Crippen LogP contribution in [0.4, 0.5) is 0 Å². The van der Waals surface area contributed by atoms with Crippen LogP contribution in [0.5, 0.6) is 5.75 Å². The van der Waals surface area contributed by atoms with E-state index >= 15 is 0 Å². The Bertz CT molecular complexity index is 2080. The number of rotatable bonds is 8. The Balaban J connectivity index is 1.14. The molecule has 6 aromatic rings. The van der Waals surface area contributed by atoms with Crippen LogP contribution in [0, 0.1) is 0 Å². The summed E-state index contributed by atoms with van der Waals surface area (Å²) in [4.78, 5) is 33.0. The van der Waals surface area contributed by atoms with E-state index in [1.54, 1.807) is 18.5 Å². The second-order valence-electron chi connectivity index (χ2n) is 11.6. The lowest BCUT2D eigenvalue weighted by Crippen LogP contribution is -2.53. The van der Waals surface area contributed by atoms with Crippen molar-refractivity contribution in [2.45, 2.75) is 38.4 Å². The molecule has 5 heterocycles. The molecule has 2 N–H and O–H groups in total. The zero-order chi connectivity index (χ0) is 29.8. The number of aliphatic hydroxyl groups excluding tert-OH is 1. The van der Waals surface area contributed by atoms with Crippen LogP contribution in [-0.2, 0) is 6.61 Å². The Morgan fingerprint density at radius 2 is 1.89 bits per heavy atom. The van der Waals surface area contributed by atoms with Crippen molar-refractivity contribution in [2.24, 2.45) is 0 Å². The Morgan fingerprint density at radius 3 is 2.66 bits per heavy atom. The molecule has 0 bridgehead atoms. The van der Waals surface area contributed by atoms with Crippen molar-refractivity contribution in [3.05, 3.63) is 94.8 Å². The van der Waals surface area contributed by atoms with Gasteiger partial charge in [0.15, 0.2) is 0 Å². The number of aromatic amines is 1. The van der Waals surface area contributed by atoms with E-state index in [0.29, 0.717) is 39.5 Å². The fourth-order valence-electron chi connectivity index (χ4n) is 6.12. The van der Waals surface area contributed by atoms with E-state index in [1.165, 1.54) is 29.4 Å². The third-order valence-corrected chi connectivity index (χ3v) is 8.76. The van der Waals surface area contributed by atoms with Crippen molar-refractivity contribution >= 4 is 21.8 Å². The van der Waals surface area contributed by atoms with Gasteiger partial charge >= 0.3 is 0 Å². The maximum absolute atomic E-state index is 13.6. The number of ether oxygens (including phenoxy) is 1. The summed E-state index contributed by atoms with van der Waals surface area (Å²) in [6, 6.07) is 17.4. The van der Waals surface area contributed by atoms with Gasteiger partial charge in [0.25, 0.3) is 5.56 Å². The molecule has 0 unspecified atom stereocenters. The van der Waals surface area contributed by atoms with Crippen LogP contribution >= 0.6 is 0 Å². The zero-order valence-corrected chi connectivity index (χ0v) is 24.3. The molecule has 0 atom stereocenters. The number of nitrogens with zero attached hydrogens (tertiary/aromatic N) is 6. The number of aromatic nitrogens is 6. The largest absolute Gasteiger partial charge is 0.486 e. The topological polar surface area (TPSA) is 122 Å². The highest BCUT2D eigenvalue weighted by Gasteiger charge is 2.27. The first-order chi connectivity index (χ1) is 21.6. The van der Waals surface area contributed by atoms with E-state index < -0.39 is 0 Å². The van der Waals surface area contributed by atoms with E-state index in [2.05, 4.69) is 42.9 Å². The first-order valence-electron chi connectivity index (χ1n) is 15.0. The van der Waals surface area contributed by atoms with Gasteiger partial charge in [-0.3, -0.25) is 14.7 Å². The highest BCUT2D eigenvalue weighted by Crippen LogP contribution is 2.40. The predicted molar refractivity (Wildman–Crippen MR) is 168 cm³/mol. The van der Waals surface area contributed by atoms with Crippen molar-refractivity contribution in [2.75, 3.05) is 19.6 Å². The van der Waals surface area contributed by atoms with Crippen molar-refractivity contribution in [3.8, 4) is 34.1 Å². The minimum atomic E-state index is -0.304. The Morgan fingerprint density at radius 1 is 1.00 bits per heavy atom. The molecule has 0 radical (unpaired) electrons. The quantitative estimate of drug-likeness (QED) is 0.260. The third kappa shape index (κ3) is 4.63. The standard InChI is InChI=1S/C34H31N7O3/c1-2-40-16-24(17-40)44-23-9-11-29(35-15-23)30-13-27-32(36-19-37-33(27)39-30)26-4-3-5-31(28(26)18-42)41-34(43)25-10-8-21(20-6-7-20)12-22(25)14-38-41/h3-5,8-15,19-20,24,42H,2,6-7,16-18H2,1H3,(H,36,37,39). The average Bonchev–Trinajstić information content (AvgIpc) is 3.80. The molecule has 4 aromatic heterocycles. The van der Waals surface area contributed by atoms with Crippen molar-refractivity contribution < 1.29 is 9.84 Å². The smallest absolute Gasteiger partial charge is 0.279 e. The van der Waals surface area contributed by atoms with Crippen LogP contribution in [0.1, 0.15) is 36.8 Å². The maximum atomic E-state index is 13.6. The number of hydrogen-bond acceptors (Lipinski definition) is 8. The molecular formula is C34H31N7O3. The van der Waals surface area contributed by atoms with Gasteiger partial charge in [-0.25, -0.2) is 9.97 Å². The summed E-state index contributed by atoms with van der Waals surface area (Å²) >= 11 is 0. The number of benzene rings is 2. The van der Waals surface area contributed by atoms with Crippen molar-refractivity contribution in [3.63, 3.8) is 0 Å². The molecule has 1 saturated carbocycles. The summed E-state index contributed by atoms with van der Waals surface area (Å²) in [5.74, 6) is 1.34. The maximum Gasteiger partial charge on any atom is 0.279 e. The van der Waals surface area contributed by atoms with E-state index in [1.807, 2.05) is 42.5 Å². The molecule has 0 spiro atoms. The van der Waals surface area contributed by atoms with Crippen LogP contribution in [0.15, 0.2) is 78.1 Å². The Kier molecular flexibility index (Phi) is 6.46. The third-order valence-electron chi connectivity index (χ3n) is 8.76. The lowest BCUT2D eigenvalue weighted by atomic mass is 10.0. The fraction of sp³-hybridized carbons (Fsp3) is 0.265. The Hall–Kier alpha value is -4.93. The SMILES string of the molecule is CCN1CC(Oc2ccc(-c3cc4c(-c5cccc(-n6ncc7cc(C8CC8)ccc7c6=O)c5CO)ncnc4[nH]3)nc2)C1. The lowest BCUT2D eigenvalue weighted by molar-refractivity contribution is 0.0236. The first-order valence-corrected chi connectivity index (χ1v) is 15.0. The van der Waals surface area contributed by atoms with E-state index in [4.69, 9.17) is 4.74 Å². The summed E-state index contributed by atoms with van der Waals surface area (Å²) in [7, 11) is 0. The summed E-state index contributed by atoms with van der Waals surface area (Å²) in [6.45, 7) is 4.75. The minimum absolute atomic E-state index is 0.200. The average molecular weight is 586 g/mol. The Labute approximate surface area is 253 Å². The van der Waals surface area contributed by atoms with Crippen LogP contribution in [0.25, 0.3) is 50.1 Å². The monoisotopic (exact) mass is 585 g/mol. The number of fused-ring (bicyclic) bond motifs is 2. The van der Waals surface area contributed by atoms with Gasteiger partial charge in [0, 0.05) is 35.0 Å². The normalized spacial score (nSPS) is 15.6. The highest BCUT2D eigenvalue weighted by molar-refractivity contribution is 5.95. The van der Waals surface area contributed by atoms with E-state index in [9.17, 15) is 9.90 Å². The van der Waals surface area contributed by atoms with Gasteiger partial charge in [-0.1, -0.05) is 25.1 Å². The molecule has 44 heavy (non-hydrogen) atoms. The molecule has 10 heteroatoms. The van der Waals surface area contributed by atoms with E-state index in [0.717, 1.165) is 47.5 Å². The van der Waals surface area contributed by atoms with Gasteiger partial charge in [0.05, 0.1) is 47.2 Å². The molecule has 0 amide bonds. The molecular weight excluding hydrogens is 554 g/mol. The molecule has 1 aliphatic carbocycles. The first kappa shape index (κ1) is 26.7. The summed E-state index contributed by atoms with van der Waals surface area (Å²) in [6.07, 6.45) is 7.55. The van der Waals surface area contributed by atoms with Crippen LogP contribution in [0.3, 0.4) is 0 Å². The summed E-state index contributed by atoms with van der Waals surface area (Å²) in [5, 5.41) is 17.3. The molecule has 1 saturated heterocycles. The van der Waals surface area contributed by atoms with Gasteiger partial charge < -0.3 is 14.8 Å². The molecule has 10 nitrogen and oxygen atoms in total. The number of aliphatic hydroxyl groups is 1. The molecule has 8 rings (SSSR count). The number of H-pyrrole nitrogens is 1. The number of hydrogen-bond donors (Lipinski definition) is 2. The minimum Gasteiger partial charge on any atom is -0.486 e. The van der Waals surface area contributed by atoms with Gasteiger partial charge in [0.1, 0.15) is 23.8 Å². The van der Waals surface area contributed by atoms with Crippen molar-refractivity contribution in [1.82, 2.24) is 34.6 Å². The van der Waals surface area contributed by atoms with E-state index in [-0.39, 0.29) is 18.3 Å².